The Morgan fingerprint density at radius 3 is 3.00 bits per heavy atom. The van der Waals surface area contributed by atoms with Crippen LogP contribution in [-0.4, -0.2) is 17.1 Å². The van der Waals surface area contributed by atoms with Gasteiger partial charge in [-0.1, -0.05) is 28.1 Å². The maximum Gasteiger partial charge on any atom is 0.320 e. The van der Waals surface area contributed by atoms with Crippen molar-refractivity contribution in [3.8, 4) is 0 Å². The van der Waals surface area contributed by atoms with E-state index in [1.807, 2.05) is 12.1 Å². The van der Waals surface area contributed by atoms with Crippen molar-refractivity contribution in [1.82, 2.24) is 0 Å². The molecule has 0 fully saturated rings. The monoisotopic (exact) mass is 281 g/mol. The van der Waals surface area contributed by atoms with Gasteiger partial charge in [-0.3, -0.25) is 4.79 Å². The Morgan fingerprint density at radius 1 is 1.56 bits per heavy atom. The Morgan fingerprint density at radius 2 is 2.31 bits per heavy atom. The largest absolute Gasteiger partial charge is 0.480 e. The van der Waals surface area contributed by atoms with Gasteiger partial charge in [-0.15, -0.1) is 0 Å². The molecule has 84 valence electrons. The van der Waals surface area contributed by atoms with Crippen LogP contribution in [0.5, 0.6) is 0 Å². The number of carboxylic acid groups (broad SMARTS) is 1. The van der Waals surface area contributed by atoms with Crippen molar-refractivity contribution in [3.05, 3.63) is 39.9 Å². The summed E-state index contributed by atoms with van der Waals surface area (Å²) in [5, 5.41) is 8.77. The second kappa shape index (κ2) is 4.39. The van der Waals surface area contributed by atoms with Crippen molar-refractivity contribution in [1.29, 1.82) is 0 Å². The summed E-state index contributed by atoms with van der Waals surface area (Å²) in [6.07, 6.45) is 3.31. The molecule has 0 aromatic heterocycles. The number of aliphatic carboxylic acids is 1. The molecule has 4 heteroatoms. The second-order valence-corrected chi connectivity index (χ2v) is 4.80. The molecule has 3 N–H and O–H groups in total. The van der Waals surface area contributed by atoms with E-state index in [4.69, 9.17) is 10.8 Å². The SMILES string of the molecule is NC(CC1=CCc2cc(Br)ccc21)C(=O)O. The van der Waals surface area contributed by atoms with Crippen molar-refractivity contribution < 1.29 is 9.90 Å². The van der Waals surface area contributed by atoms with Gasteiger partial charge >= 0.3 is 5.97 Å². The third-order valence-electron chi connectivity index (χ3n) is 2.74. The predicted molar refractivity (Wildman–Crippen MR) is 66.1 cm³/mol. The summed E-state index contributed by atoms with van der Waals surface area (Å²) in [6.45, 7) is 0. The zero-order valence-electron chi connectivity index (χ0n) is 8.61. The Balaban J connectivity index is 2.20. The molecule has 0 bridgehead atoms. The summed E-state index contributed by atoms with van der Waals surface area (Å²) >= 11 is 3.42. The highest BCUT2D eigenvalue weighted by atomic mass is 79.9. The van der Waals surface area contributed by atoms with Gasteiger partial charge in [-0.25, -0.2) is 0 Å². The van der Waals surface area contributed by atoms with Crippen molar-refractivity contribution >= 4 is 27.5 Å². The zero-order chi connectivity index (χ0) is 11.7. The smallest absolute Gasteiger partial charge is 0.320 e. The Labute approximate surface area is 102 Å². The maximum atomic E-state index is 10.7. The molecular weight excluding hydrogens is 270 g/mol. The molecule has 0 saturated carbocycles. The highest BCUT2D eigenvalue weighted by molar-refractivity contribution is 9.10. The summed E-state index contributed by atoms with van der Waals surface area (Å²) in [4.78, 5) is 10.7. The summed E-state index contributed by atoms with van der Waals surface area (Å²) in [5.41, 5.74) is 8.92. The fourth-order valence-corrected chi connectivity index (χ4v) is 2.31. The summed E-state index contributed by atoms with van der Waals surface area (Å²) in [6, 6.07) is 5.21. The molecule has 0 spiro atoms. The van der Waals surface area contributed by atoms with E-state index >= 15 is 0 Å². The van der Waals surface area contributed by atoms with Gasteiger partial charge in [-0.2, -0.15) is 0 Å². The summed E-state index contributed by atoms with van der Waals surface area (Å²) in [5.74, 6) is -0.952. The lowest BCUT2D eigenvalue weighted by atomic mass is 10.0. The normalized spacial score (nSPS) is 15.5. The molecular formula is C12H12BrNO2. The van der Waals surface area contributed by atoms with Crippen LogP contribution in [0.15, 0.2) is 28.7 Å². The van der Waals surface area contributed by atoms with Crippen molar-refractivity contribution in [2.75, 3.05) is 0 Å². The minimum Gasteiger partial charge on any atom is -0.480 e. The second-order valence-electron chi connectivity index (χ2n) is 3.88. The van der Waals surface area contributed by atoms with Crippen LogP contribution in [0.3, 0.4) is 0 Å². The van der Waals surface area contributed by atoms with Crippen molar-refractivity contribution in [2.45, 2.75) is 18.9 Å². The number of rotatable bonds is 3. The first-order chi connectivity index (χ1) is 7.58. The molecule has 2 rings (SSSR count). The van der Waals surface area contributed by atoms with Gasteiger partial charge in [0, 0.05) is 4.47 Å². The number of hydrogen-bond donors (Lipinski definition) is 2. The molecule has 0 aliphatic heterocycles. The van der Waals surface area contributed by atoms with Crippen molar-refractivity contribution in [2.24, 2.45) is 5.73 Å². The number of carbonyl (C=O) groups is 1. The molecule has 1 aromatic carbocycles. The number of fused-ring (bicyclic) bond motifs is 1. The fourth-order valence-electron chi connectivity index (χ4n) is 1.91. The zero-order valence-corrected chi connectivity index (χ0v) is 10.2. The maximum absolute atomic E-state index is 10.7. The molecule has 0 amide bonds. The molecule has 1 unspecified atom stereocenters. The van der Waals surface area contributed by atoms with Gasteiger partial charge in [0.2, 0.25) is 0 Å². The number of halogens is 1. The van der Waals surface area contributed by atoms with Crippen LogP contribution < -0.4 is 5.73 Å². The molecule has 16 heavy (non-hydrogen) atoms. The molecule has 0 saturated heterocycles. The van der Waals surface area contributed by atoms with Crippen LogP contribution in [0.2, 0.25) is 0 Å². The third-order valence-corrected chi connectivity index (χ3v) is 3.23. The minimum atomic E-state index is -0.952. The lowest BCUT2D eigenvalue weighted by Crippen LogP contribution is -2.30. The molecule has 3 nitrogen and oxygen atoms in total. The lowest BCUT2D eigenvalue weighted by molar-refractivity contribution is -0.138. The number of hydrogen-bond acceptors (Lipinski definition) is 2. The van der Waals surface area contributed by atoms with E-state index in [2.05, 4.69) is 28.1 Å². The van der Waals surface area contributed by atoms with Gasteiger partial charge in [0.05, 0.1) is 0 Å². The van der Waals surface area contributed by atoms with Gasteiger partial charge in [0.1, 0.15) is 6.04 Å². The number of benzene rings is 1. The molecule has 1 aliphatic carbocycles. The van der Waals surface area contributed by atoms with E-state index in [-0.39, 0.29) is 0 Å². The molecule has 1 atom stereocenters. The Hall–Kier alpha value is -1.13. The standard InChI is InChI=1S/C12H12BrNO2/c13-9-3-4-10-7(5-9)1-2-8(10)6-11(14)12(15)16/h2-5,11H,1,6,14H2,(H,15,16). The first kappa shape index (κ1) is 11.4. The average Bonchev–Trinajstić information content (AvgIpc) is 2.60. The van der Waals surface area contributed by atoms with Gasteiger partial charge in [0.15, 0.2) is 0 Å². The van der Waals surface area contributed by atoms with Crippen molar-refractivity contribution in [3.63, 3.8) is 0 Å². The van der Waals surface area contributed by atoms with Crippen LogP contribution in [-0.2, 0) is 11.2 Å². The quantitative estimate of drug-likeness (QED) is 0.893. The van der Waals surface area contributed by atoms with Crippen LogP contribution >= 0.6 is 15.9 Å². The van der Waals surface area contributed by atoms with E-state index < -0.39 is 12.0 Å². The van der Waals surface area contributed by atoms with Crippen LogP contribution in [0.25, 0.3) is 5.57 Å². The van der Waals surface area contributed by atoms with Crippen LogP contribution in [0.4, 0.5) is 0 Å². The fraction of sp³-hybridized carbons (Fsp3) is 0.250. The van der Waals surface area contributed by atoms with E-state index in [0.717, 1.165) is 22.0 Å². The Bertz CT molecular complexity index is 468. The summed E-state index contributed by atoms with van der Waals surface area (Å²) in [7, 11) is 0. The highest BCUT2D eigenvalue weighted by Gasteiger charge is 2.19. The lowest BCUT2D eigenvalue weighted by Gasteiger charge is -2.09. The summed E-state index contributed by atoms with van der Waals surface area (Å²) < 4.78 is 1.04. The van der Waals surface area contributed by atoms with Gasteiger partial charge in [0.25, 0.3) is 0 Å². The predicted octanol–water partition coefficient (Wildman–Crippen LogP) is 2.19. The average molecular weight is 282 g/mol. The van der Waals surface area contributed by atoms with E-state index in [9.17, 15) is 4.79 Å². The Kier molecular flexibility index (Phi) is 3.12. The molecule has 0 radical (unpaired) electrons. The van der Waals surface area contributed by atoms with Crippen LogP contribution in [0.1, 0.15) is 17.5 Å². The van der Waals surface area contributed by atoms with Gasteiger partial charge in [-0.05, 0) is 41.7 Å². The number of allylic oxidation sites excluding steroid dienone is 1. The number of nitrogens with two attached hydrogens (primary N) is 1. The van der Waals surface area contributed by atoms with Gasteiger partial charge < -0.3 is 10.8 Å². The molecule has 0 heterocycles. The topological polar surface area (TPSA) is 63.3 Å². The van der Waals surface area contributed by atoms with Crippen LogP contribution in [0, 0.1) is 0 Å². The minimum absolute atomic E-state index is 0.393. The van der Waals surface area contributed by atoms with E-state index in [1.165, 1.54) is 5.56 Å². The third kappa shape index (κ3) is 2.18. The molecule has 1 aliphatic rings. The van der Waals surface area contributed by atoms with E-state index in [0.29, 0.717) is 6.42 Å². The van der Waals surface area contributed by atoms with E-state index in [1.54, 1.807) is 0 Å². The first-order valence-corrected chi connectivity index (χ1v) is 5.83. The number of carboxylic acids is 1. The first-order valence-electron chi connectivity index (χ1n) is 5.04. The molecule has 1 aromatic rings. The highest BCUT2D eigenvalue weighted by Crippen LogP contribution is 2.32.